The van der Waals surface area contributed by atoms with Crippen LogP contribution >= 0.6 is 0 Å². The fourth-order valence-electron chi connectivity index (χ4n) is 1.98. The standard InChI is InChI=1S/C13H19N3O2/c1-18-11-6-3-2-5-10(11)16-12(17)15-9-13(14)7-4-8-13/h2-3,5-6H,4,7-9,14H2,1H3,(H2,15,16,17). The van der Waals surface area contributed by atoms with E-state index in [1.165, 1.54) is 0 Å². The second-order valence-electron chi connectivity index (χ2n) is 4.72. The molecule has 18 heavy (non-hydrogen) atoms. The van der Waals surface area contributed by atoms with Crippen LogP contribution in [0.15, 0.2) is 24.3 Å². The number of benzene rings is 1. The largest absolute Gasteiger partial charge is 0.495 e. The highest BCUT2D eigenvalue weighted by Gasteiger charge is 2.32. The van der Waals surface area contributed by atoms with Gasteiger partial charge < -0.3 is 21.1 Å². The van der Waals surface area contributed by atoms with E-state index in [-0.39, 0.29) is 11.6 Å². The Kier molecular flexibility index (Phi) is 3.72. The number of nitrogens with one attached hydrogen (secondary N) is 2. The summed E-state index contributed by atoms with van der Waals surface area (Å²) in [5.41, 5.74) is 6.47. The van der Waals surface area contributed by atoms with E-state index in [9.17, 15) is 4.79 Å². The average Bonchev–Trinajstić information content (AvgIpc) is 2.35. The summed E-state index contributed by atoms with van der Waals surface area (Å²) in [6, 6.07) is 7.03. The molecule has 4 N–H and O–H groups in total. The third-order valence-corrected chi connectivity index (χ3v) is 3.31. The zero-order valence-electron chi connectivity index (χ0n) is 10.5. The molecule has 1 fully saturated rings. The molecule has 2 rings (SSSR count). The van der Waals surface area contributed by atoms with Gasteiger partial charge in [-0.2, -0.15) is 0 Å². The fourth-order valence-corrected chi connectivity index (χ4v) is 1.98. The lowest BCUT2D eigenvalue weighted by molar-refractivity contribution is 0.225. The molecule has 0 bridgehead atoms. The molecule has 5 heteroatoms. The van der Waals surface area contributed by atoms with Crippen molar-refractivity contribution in [1.29, 1.82) is 0 Å². The van der Waals surface area contributed by atoms with Gasteiger partial charge in [-0.15, -0.1) is 0 Å². The minimum atomic E-state index is -0.253. The number of carbonyl (C=O) groups is 1. The van der Waals surface area contributed by atoms with Crippen LogP contribution in [-0.4, -0.2) is 25.2 Å². The summed E-state index contributed by atoms with van der Waals surface area (Å²) in [5, 5.41) is 5.55. The molecule has 0 aromatic heterocycles. The van der Waals surface area contributed by atoms with Gasteiger partial charge in [0.15, 0.2) is 0 Å². The van der Waals surface area contributed by atoms with Crippen molar-refractivity contribution in [2.45, 2.75) is 24.8 Å². The molecule has 2 amide bonds. The number of amides is 2. The summed E-state index contributed by atoms with van der Waals surface area (Å²) in [6.07, 6.45) is 3.09. The number of anilines is 1. The SMILES string of the molecule is COc1ccccc1NC(=O)NCC1(N)CCC1. The molecule has 1 aliphatic rings. The van der Waals surface area contributed by atoms with E-state index in [1.54, 1.807) is 19.2 Å². The zero-order chi connectivity index (χ0) is 13.0. The molecule has 1 aliphatic carbocycles. The van der Waals surface area contributed by atoms with E-state index in [1.807, 2.05) is 12.1 Å². The van der Waals surface area contributed by atoms with Gasteiger partial charge in [-0.25, -0.2) is 4.79 Å². The number of methoxy groups -OCH3 is 1. The quantitative estimate of drug-likeness (QED) is 0.760. The summed E-state index contributed by atoms with van der Waals surface area (Å²) < 4.78 is 5.16. The molecule has 5 nitrogen and oxygen atoms in total. The van der Waals surface area contributed by atoms with Crippen LogP contribution in [0.2, 0.25) is 0 Å². The Hall–Kier alpha value is -1.75. The summed E-state index contributed by atoms with van der Waals surface area (Å²) in [7, 11) is 1.57. The Bertz CT molecular complexity index is 430. The predicted molar refractivity (Wildman–Crippen MR) is 70.8 cm³/mol. The molecule has 98 valence electrons. The van der Waals surface area contributed by atoms with Gasteiger partial charge in [-0.05, 0) is 31.4 Å². The molecule has 0 saturated heterocycles. The van der Waals surface area contributed by atoms with Crippen molar-refractivity contribution in [3.05, 3.63) is 24.3 Å². The maximum absolute atomic E-state index is 11.7. The number of hydrogen-bond acceptors (Lipinski definition) is 3. The zero-order valence-corrected chi connectivity index (χ0v) is 10.5. The lowest BCUT2D eigenvalue weighted by Crippen LogP contribution is -2.55. The molecule has 0 radical (unpaired) electrons. The van der Waals surface area contributed by atoms with Crippen molar-refractivity contribution < 1.29 is 9.53 Å². The van der Waals surface area contributed by atoms with Gasteiger partial charge in [0, 0.05) is 12.1 Å². The number of rotatable bonds is 4. The number of carbonyl (C=O) groups excluding carboxylic acids is 1. The van der Waals surface area contributed by atoms with E-state index in [0.29, 0.717) is 18.0 Å². The van der Waals surface area contributed by atoms with Crippen LogP contribution in [0.5, 0.6) is 5.75 Å². The Balaban J connectivity index is 1.86. The number of urea groups is 1. The molecule has 0 heterocycles. The highest BCUT2D eigenvalue weighted by atomic mass is 16.5. The molecule has 1 aromatic carbocycles. The Morgan fingerprint density at radius 1 is 1.44 bits per heavy atom. The summed E-state index contributed by atoms with van der Waals surface area (Å²) >= 11 is 0. The summed E-state index contributed by atoms with van der Waals surface area (Å²) in [6.45, 7) is 0.508. The molecule has 0 spiro atoms. The summed E-state index contributed by atoms with van der Waals surface area (Å²) in [4.78, 5) is 11.7. The maximum Gasteiger partial charge on any atom is 0.319 e. The maximum atomic E-state index is 11.7. The molecular weight excluding hydrogens is 230 g/mol. The lowest BCUT2D eigenvalue weighted by atomic mass is 9.78. The van der Waals surface area contributed by atoms with Gasteiger partial charge in [0.05, 0.1) is 12.8 Å². The number of ether oxygens (including phenoxy) is 1. The Labute approximate surface area is 107 Å². The van der Waals surface area contributed by atoms with Gasteiger partial charge in [0.2, 0.25) is 0 Å². The Morgan fingerprint density at radius 2 is 2.17 bits per heavy atom. The molecule has 1 aromatic rings. The van der Waals surface area contributed by atoms with E-state index in [2.05, 4.69) is 10.6 Å². The highest BCUT2D eigenvalue weighted by molar-refractivity contribution is 5.90. The van der Waals surface area contributed by atoms with E-state index in [4.69, 9.17) is 10.5 Å². The minimum absolute atomic E-state index is 0.210. The van der Waals surface area contributed by atoms with Crippen LogP contribution in [0, 0.1) is 0 Å². The lowest BCUT2D eigenvalue weighted by Gasteiger charge is -2.38. The smallest absolute Gasteiger partial charge is 0.319 e. The van der Waals surface area contributed by atoms with Gasteiger partial charge in [-0.3, -0.25) is 0 Å². The van der Waals surface area contributed by atoms with Crippen molar-refractivity contribution in [3.63, 3.8) is 0 Å². The van der Waals surface area contributed by atoms with Crippen LogP contribution in [-0.2, 0) is 0 Å². The van der Waals surface area contributed by atoms with Crippen LogP contribution < -0.4 is 21.1 Å². The number of hydrogen-bond donors (Lipinski definition) is 3. The first kappa shape index (κ1) is 12.7. The van der Waals surface area contributed by atoms with Crippen LogP contribution in [0.1, 0.15) is 19.3 Å². The van der Waals surface area contributed by atoms with E-state index >= 15 is 0 Å². The minimum Gasteiger partial charge on any atom is -0.495 e. The van der Waals surface area contributed by atoms with Crippen molar-refractivity contribution in [3.8, 4) is 5.75 Å². The van der Waals surface area contributed by atoms with Crippen molar-refractivity contribution >= 4 is 11.7 Å². The van der Waals surface area contributed by atoms with Crippen LogP contribution in [0.25, 0.3) is 0 Å². The average molecular weight is 249 g/mol. The normalized spacial score (nSPS) is 16.6. The second-order valence-corrected chi connectivity index (χ2v) is 4.72. The van der Waals surface area contributed by atoms with Gasteiger partial charge in [-0.1, -0.05) is 12.1 Å². The van der Waals surface area contributed by atoms with E-state index in [0.717, 1.165) is 19.3 Å². The molecular formula is C13H19N3O2. The molecule has 0 aliphatic heterocycles. The van der Waals surface area contributed by atoms with E-state index < -0.39 is 0 Å². The second kappa shape index (κ2) is 5.27. The number of nitrogens with two attached hydrogens (primary N) is 1. The third kappa shape index (κ3) is 2.92. The first-order chi connectivity index (χ1) is 8.63. The highest BCUT2D eigenvalue weighted by Crippen LogP contribution is 2.28. The number of para-hydroxylation sites is 2. The van der Waals surface area contributed by atoms with Crippen molar-refractivity contribution in [2.75, 3.05) is 19.0 Å². The van der Waals surface area contributed by atoms with Crippen LogP contribution in [0.3, 0.4) is 0 Å². The van der Waals surface area contributed by atoms with Gasteiger partial charge in [0.25, 0.3) is 0 Å². The third-order valence-electron chi connectivity index (χ3n) is 3.31. The molecule has 0 unspecified atom stereocenters. The van der Waals surface area contributed by atoms with Gasteiger partial charge >= 0.3 is 6.03 Å². The fraction of sp³-hybridized carbons (Fsp3) is 0.462. The van der Waals surface area contributed by atoms with Crippen molar-refractivity contribution in [1.82, 2.24) is 5.32 Å². The topological polar surface area (TPSA) is 76.4 Å². The first-order valence-corrected chi connectivity index (χ1v) is 6.10. The Morgan fingerprint density at radius 3 is 2.78 bits per heavy atom. The van der Waals surface area contributed by atoms with Crippen LogP contribution in [0.4, 0.5) is 10.5 Å². The monoisotopic (exact) mass is 249 g/mol. The molecule has 0 atom stereocenters. The van der Waals surface area contributed by atoms with Crippen molar-refractivity contribution in [2.24, 2.45) is 5.73 Å². The van der Waals surface area contributed by atoms with Gasteiger partial charge in [0.1, 0.15) is 5.75 Å². The first-order valence-electron chi connectivity index (χ1n) is 6.10. The molecule has 1 saturated carbocycles. The summed E-state index contributed by atoms with van der Waals surface area (Å²) in [5.74, 6) is 0.638. The predicted octanol–water partition coefficient (Wildman–Crippen LogP) is 1.70.